The molecule has 0 aliphatic heterocycles. The van der Waals surface area contributed by atoms with Gasteiger partial charge >= 0.3 is 0 Å². The van der Waals surface area contributed by atoms with Crippen molar-refractivity contribution in [1.29, 1.82) is 0 Å². The standard InChI is InChI=1S/C25H36N6O.HI/c1-5-26-25(28-19-21-10-8-11-22(18-21)32-17-16-30(3)4)27-14-9-15-31-20(2)29-23-12-6-7-13-24(23)31;/h6-8,10-13,18H,5,9,14-17,19H2,1-4H3,(H2,26,27,28);1H. The van der Waals surface area contributed by atoms with Crippen molar-refractivity contribution in [3.63, 3.8) is 0 Å². The average molecular weight is 565 g/mol. The molecular formula is C25H37IN6O. The molecule has 3 rings (SSSR count). The van der Waals surface area contributed by atoms with Crippen LogP contribution < -0.4 is 15.4 Å². The van der Waals surface area contributed by atoms with Crippen molar-refractivity contribution in [2.45, 2.75) is 33.4 Å². The number of nitrogens with one attached hydrogen (secondary N) is 2. The van der Waals surface area contributed by atoms with Crippen LogP contribution in [0, 0.1) is 6.92 Å². The Morgan fingerprint density at radius 1 is 1.12 bits per heavy atom. The summed E-state index contributed by atoms with van der Waals surface area (Å²) in [7, 11) is 4.09. The number of rotatable bonds is 11. The second kappa shape index (κ2) is 14.0. The first-order chi connectivity index (χ1) is 15.6. The summed E-state index contributed by atoms with van der Waals surface area (Å²) in [6.07, 6.45) is 0.987. The van der Waals surface area contributed by atoms with Gasteiger partial charge in [0.2, 0.25) is 0 Å². The lowest BCUT2D eigenvalue weighted by Gasteiger charge is -2.13. The SMILES string of the molecule is CCNC(=NCc1cccc(OCCN(C)C)c1)NCCCn1c(C)nc2ccccc21.I. The maximum Gasteiger partial charge on any atom is 0.191 e. The Morgan fingerprint density at radius 3 is 2.73 bits per heavy atom. The number of hydrogen-bond acceptors (Lipinski definition) is 4. The fourth-order valence-corrected chi connectivity index (χ4v) is 3.51. The van der Waals surface area contributed by atoms with E-state index in [-0.39, 0.29) is 24.0 Å². The highest BCUT2D eigenvalue weighted by Crippen LogP contribution is 2.16. The zero-order chi connectivity index (χ0) is 22.8. The Morgan fingerprint density at radius 2 is 1.94 bits per heavy atom. The predicted octanol–water partition coefficient (Wildman–Crippen LogP) is 4.05. The summed E-state index contributed by atoms with van der Waals surface area (Å²) in [4.78, 5) is 11.5. The van der Waals surface area contributed by atoms with Gasteiger partial charge in [-0.1, -0.05) is 24.3 Å². The number of ether oxygens (including phenoxy) is 1. The summed E-state index contributed by atoms with van der Waals surface area (Å²) in [6, 6.07) is 16.5. The summed E-state index contributed by atoms with van der Waals surface area (Å²) in [5, 5.41) is 6.78. The van der Waals surface area contributed by atoms with E-state index in [1.54, 1.807) is 0 Å². The first-order valence-electron chi connectivity index (χ1n) is 11.4. The van der Waals surface area contributed by atoms with E-state index in [1.807, 2.05) is 32.3 Å². The van der Waals surface area contributed by atoms with E-state index in [4.69, 9.17) is 9.73 Å². The highest BCUT2D eigenvalue weighted by Gasteiger charge is 2.06. The number of guanidine groups is 1. The topological polar surface area (TPSA) is 66.7 Å². The van der Waals surface area contributed by atoms with E-state index >= 15 is 0 Å². The van der Waals surface area contributed by atoms with Crippen molar-refractivity contribution in [2.75, 3.05) is 40.3 Å². The van der Waals surface area contributed by atoms with Crippen LogP contribution in [0.2, 0.25) is 0 Å². The fourth-order valence-electron chi connectivity index (χ4n) is 3.51. The number of benzene rings is 2. The lowest BCUT2D eigenvalue weighted by Crippen LogP contribution is -2.38. The van der Waals surface area contributed by atoms with Crippen LogP contribution in [-0.4, -0.2) is 60.7 Å². The molecule has 0 aliphatic rings. The molecular weight excluding hydrogens is 527 g/mol. The van der Waals surface area contributed by atoms with E-state index in [1.165, 1.54) is 5.52 Å². The number of aromatic nitrogens is 2. The van der Waals surface area contributed by atoms with Crippen LogP contribution in [0.3, 0.4) is 0 Å². The molecule has 180 valence electrons. The van der Waals surface area contributed by atoms with Crippen molar-refractivity contribution < 1.29 is 4.74 Å². The number of aryl methyl sites for hydroxylation is 2. The smallest absolute Gasteiger partial charge is 0.191 e. The van der Waals surface area contributed by atoms with Gasteiger partial charge in [-0.05, 0) is 64.2 Å². The Balaban J connectivity index is 0.00000385. The van der Waals surface area contributed by atoms with Crippen molar-refractivity contribution in [1.82, 2.24) is 25.1 Å². The van der Waals surface area contributed by atoms with Crippen LogP contribution in [0.1, 0.15) is 24.7 Å². The van der Waals surface area contributed by atoms with Gasteiger partial charge in [0.1, 0.15) is 18.2 Å². The molecule has 0 saturated carbocycles. The molecule has 0 bridgehead atoms. The molecule has 33 heavy (non-hydrogen) atoms. The van der Waals surface area contributed by atoms with E-state index in [2.05, 4.69) is 69.3 Å². The lowest BCUT2D eigenvalue weighted by atomic mass is 10.2. The quantitative estimate of drug-likeness (QED) is 0.159. The van der Waals surface area contributed by atoms with Crippen molar-refractivity contribution in [2.24, 2.45) is 4.99 Å². The van der Waals surface area contributed by atoms with Crippen LogP contribution in [0.4, 0.5) is 0 Å². The third-order valence-electron chi connectivity index (χ3n) is 5.17. The Labute approximate surface area is 214 Å². The van der Waals surface area contributed by atoms with Crippen molar-refractivity contribution in [3.8, 4) is 5.75 Å². The molecule has 0 saturated heterocycles. The third kappa shape index (κ3) is 8.51. The van der Waals surface area contributed by atoms with Gasteiger partial charge in [0.15, 0.2) is 5.96 Å². The number of para-hydroxylation sites is 2. The van der Waals surface area contributed by atoms with E-state index in [9.17, 15) is 0 Å². The fraction of sp³-hybridized carbons (Fsp3) is 0.440. The van der Waals surface area contributed by atoms with Gasteiger partial charge < -0.3 is 24.8 Å². The molecule has 0 unspecified atom stereocenters. The maximum absolute atomic E-state index is 5.84. The molecule has 1 heterocycles. The summed E-state index contributed by atoms with van der Waals surface area (Å²) < 4.78 is 8.12. The van der Waals surface area contributed by atoms with Gasteiger partial charge in [-0.15, -0.1) is 24.0 Å². The number of nitrogens with zero attached hydrogens (tertiary/aromatic N) is 4. The summed E-state index contributed by atoms with van der Waals surface area (Å²) in [5.41, 5.74) is 3.38. The van der Waals surface area contributed by atoms with Gasteiger partial charge in [0.25, 0.3) is 0 Å². The Bertz CT molecular complexity index is 1020. The third-order valence-corrected chi connectivity index (χ3v) is 5.17. The minimum atomic E-state index is 0. The molecule has 3 aromatic rings. The second-order valence-electron chi connectivity index (χ2n) is 8.07. The van der Waals surface area contributed by atoms with E-state index < -0.39 is 0 Å². The van der Waals surface area contributed by atoms with Crippen molar-refractivity contribution >= 4 is 41.0 Å². The predicted molar refractivity (Wildman–Crippen MR) is 148 cm³/mol. The number of aliphatic imine (C=N–C) groups is 1. The Hall–Kier alpha value is -2.33. The summed E-state index contributed by atoms with van der Waals surface area (Å²) in [6.45, 7) is 8.91. The van der Waals surface area contributed by atoms with E-state index in [0.717, 1.165) is 61.2 Å². The summed E-state index contributed by atoms with van der Waals surface area (Å²) in [5.74, 6) is 2.78. The second-order valence-corrected chi connectivity index (χ2v) is 8.07. The number of likely N-dealkylation sites (N-methyl/N-ethyl adjacent to an activating group) is 1. The molecule has 0 aliphatic carbocycles. The molecule has 0 amide bonds. The number of halogens is 1. The van der Waals surface area contributed by atoms with Gasteiger partial charge in [0.05, 0.1) is 17.6 Å². The van der Waals surface area contributed by atoms with Crippen LogP contribution in [-0.2, 0) is 13.1 Å². The molecule has 0 fully saturated rings. The largest absolute Gasteiger partial charge is 0.492 e. The molecule has 2 N–H and O–H groups in total. The van der Waals surface area contributed by atoms with Crippen LogP contribution in [0.5, 0.6) is 5.75 Å². The number of hydrogen-bond donors (Lipinski definition) is 2. The zero-order valence-corrected chi connectivity index (χ0v) is 22.5. The van der Waals surface area contributed by atoms with Crippen LogP contribution in [0.15, 0.2) is 53.5 Å². The van der Waals surface area contributed by atoms with Crippen molar-refractivity contribution in [3.05, 3.63) is 59.9 Å². The normalized spacial score (nSPS) is 11.5. The van der Waals surface area contributed by atoms with Gasteiger partial charge in [-0.3, -0.25) is 0 Å². The average Bonchev–Trinajstić information content (AvgIpc) is 3.10. The number of imidazole rings is 1. The molecule has 0 spiro atoms. The van der Waals surface area contributed by atoms with Gasteiger partial charge in [-0.25, -0.2) is 9.98 Å². The molecule has 2 aromatic carbocycles. The van der Waals surface area contributed by atoms with E-state index in [0.29, 0.717) is 13.2 Å². The highest BCUT2D eigenvalue weighted by atomic mass is 127. The molecule has 7 nitrogen and oxygen atoms in total. The monoisotopic (exact) mass is 564 g/mol. The Kier molecular flexibility index (Phi) is 11.5. The first kappa shape index (κ1) is 26.9. The van der Waals surface area contributed by atoms with Crippen LogP contribution >= 0.6 is 24.0 Å². The highest BCUT2D eigenvalue weighted by molar-refractivity contribution is 14.0. The molecule has 0 atom stereocenters. The number of fused-ring (bicyclic) bond motifs is 1. The van der Waals surface area contributed by atoms with Gasteiger partial charge in [0, 0.05) is 26.2 Å². The first-order valence-corrected chi connectivity index (χ1v) is 11.4. The molecule has 8 heteroatoms. The minimum Gasteiger partial charge on any atom is -0.492 e. The van der Waals surface area contributed by atoms with Crippen LogP contribution in [0.25, 0.3) is 11.0 Å². The zero-order valence-electron chi connectivity index (χ0n) is 20.2. The minimum absolute atomic E-state index is 0. The molecule has 0 radical (unpaired) electrons. The van der Waals surface area contributed by atoms with Gasteiger partial charge in [-0.2, -0.15) is 0 Å². The maximum atomic E-state index is 5.84. The molecule has 1 aromatic heterocycles. The summed E-state index contributed by atoms with van der Waals surface area (Å²) >= 11 is 0. The lowest BCUT2D eigenvalue weighted by molar-refractivity contribution is 0.261.